The Hall–Kier alpha value is -2.59. The highest BCUT2D eigenvalue weighted by Gasteiger charge is 2.32. The van der Waals surface area contributed by atoms with E-state index in [1.165, 1.54) is 58.7 Å². The molecule has 10 heteroatoms. The molecule has 1 fully saturated rings. The molecular formula is C22H25F3N2O4S. The van der Waals surface area contributed by atoms with Crippen molar-refractivity contribution in [2.75, 3.05) is 20.1 Å². The fourth-order valence-corrected chi connectivity index (χ4v) is 5.02. The van der Waals surface area contributed by atoms with Gasteiger partial charge in [-0.15, -0.1) is 13.2 Å². The van der Waals surface area contributed by atoms with Crippen LogP contribution in [0.3, 0.4) is 0 Å². The molecule has 0 radical (unpaired) electrons. The lowest BCUT2D eigenvalue weighted by Gasteiger charge is -2.29. The van der Waals surface area contributed by atoms with Gasteiger partial charge in [-0.05, 0) is 49.1 Å². The summed E-state index contributed by atoms with van der Waals surface area (Å²) < 4.78 is 69.0. The van der Waals surface area contributed by atoms with E-state index < -0.39 is 22.3 Å². The minimum Gasteiger partial charge on any atom is -0.405 e. The van der Waals surface area contributed by atoms with E-state index in [2.05, 4.69) is 11.7 Å². The van der Waals surface area contributed by atoms with E-state index in [9.17, 15) is 26.4 Å². The Bertz CT molecular complexity index is 1050. The summed E-state index contributed by atoms with van der Waals surface area (Å²) in [6.45, 7) is 2.91. The average Bonchev–Trinajstić information content (AvgIpc) is 2.74. The number of amides is 1. The molecule has 0 aromatic heterocycles. The Labute approximate surface area is 185 Å². The number of halogens is 3. The lowest BCUT2D eigenvalue weighted by Crippen LogP contribution is -2.37. The van der Waals surface area contributed by atoms with Crippen LogP contribution in [-0.4, -0.2) is 50.0 Å². The van der Waals surface area contributed by atoms with Crippen LogP contribution in [0.5, 0.6) is 5.75 Å². The van der Waals surface area contributed by atoms with Crippen molar-refractivity contribution in [1.29, 1.82) is 0 Å². The van der Waals surface area contributed by atoms with Gasteiger partial charge in [0.1, 0.15) is 5.75 Å². The van der Waals surface area contributed by atoms with Gasteiger partial charge >= 0.3 is 6.36 Å². The third kappa shape index (κ3) is 5.80. The van der Waals surface area contributed by atoms with E-state index in [0.29, 0.717) is 19.0 Å². The SMILES string of the molecule is CC1CCN(S(=O)(=O)c2ccc(C(=O)N(C)Cc3ccccc3OC(F)(F)F)cc2)CC1. The zero-order valence-electron chi connectivity index (χ0n) is 17.8. The predicted octanol–water partition coefficient (Wildman–Crippen LogP) is 4.28. The lowest BCUT2D eigenvalue weighted by atomic mass is 10.0. The first-order valence-electron chi connectivity index (χ1n) is 10.2. The summed E-state index contributed by atoms with van der Waals surface area (Å²) >= 11 is 0. The molecule has 0 N–H and O–H groups in total. The number of carbonyl (C=O) groups excluding carboxylic acids is 1. The molecule has 3 rings (SSSR count). The molecule has 0 spiro atoms. The molecule has 1 saturated heterocycles. The quantitative estimate of drug-likeness (QED) is 0.632. The predicted molar refractivity (Wildman–Crippen MR) is 113 cm³/mol. The Morgan fingerprint density at radius 1 is 1.09 bits per heavy atom. The van der Waals surface area contributed by atoms with Crippen molar-refractivity contribution in [3.8, 4) is 5.75 Å². The maximum absolute atomic E-state index is 12.8. The van der Waals surface area contributed by atoms with Gasteiger partial charge < -0.3 is 9.64 Å². The molecule has 1 aliphatic rings. The van der Waals surface area contributed by atoms with Crippen LogP contribution in [0, 0.1) is 5.92 Å². The van der Waals surface area contributed by atoms with Gasteiger partial charge in [-0.1, -0.05) is 25.1 Å². The standard InChI is InChI=1S/C22H25F3N2O4S/c1-16-11-13-27(14-12-16)32(29,30)19-9-7-17(8-10-19)21(28)26(2)15-18-5-3-4-6-20(18)31-22(23,24)25/h3-10,16H,11-15H2,1-2H3. The molecule has 32 heavy (non-hydrogen) atoms. The molecule has 0 aliphatic carbocycles. The summed E-state index contributed by atoms with van der Waals surface area (Å²) in [4.78, 5) is 14.1. The summed E-state index contributed by atoms with van der Waals surface area (Å²) in [5.41, 5.74) is 0.423. The van der Waals surface area contributed by atoms with Crippen molar-refractivity contribution < 1.29 is 31.1 Å². The highest BCUT2D eigenvalue weighted by atomic mass is 32.2. The molecule has 2 aromatic carbocycles. The summed E-state index contributed by atoms with van der Waals surface area (Å²) in [7, 11) is -2.18. The van der Waals surface area contributed by atoms with E-state index in [0.717, 1.165) is 12.8 Å². The summed E-state index contributed by atoms with van der Waals surface area (Å²) in [6.07, 6.45) is -3.23. The van der Waals surface area contributed by atoms with Gasteiger partial charge in [-0.3, -0.25) is 4.79 Å². The molecule has 1 heterocycles. The fourth-order valence-electron chi connectivity index (χ4n) is 3.55. The van der Waals surface area contributed by atoms with Gasteiger partial charge in [0.2, 0.25) is 10.0 Å². The van der Waals surface area contributed by atoms with Crippen LogP contribution >= 0.6 is 0 Å². The van der Waals surface area contributed by atoms with Crippen molar-refractivity contribution in [2.24, 2.45) is 5.92 Å². The van der Waals surface area contributed by atoms with Crippen LogP contribution in [0.15, 0.2) is 53.4 Å². The van der Waals surface area contributed by atoms with Crippen LogP contribution in [0.4, 0.5) is 13.2 Å². The first-order valence-corrected chi connectivity index (χ1v) is 11.6. The molecule has 0 atom stereocenters. The van der Waals surface area contributed by atoms with Crippen LogP contribution < -0.4 is 4.74 Å². The van der Waals surface area contributed by atoms with Gasteiger partial charge in [0.15, 0.2) is 0 Å². The number of para-hydroxylation sites is 1. The number of sulfonamides is 1. The second kappa shape index (κ2) is 9.50. The number of hydrogen-bond acceptors (Lipinski definition) is 4. The maximum Gasteiger partial charge on any atom is 0.573 e. The third-order valence-electron chi connectivity index (χ3n) is 5.43. The van der Waals surface area contributed by atoms with Gasteiger partial charge in [0.05, 0.1) is 4.90 Å². The Balaban J connectivity index is 1.71. The highest BCUT2D eigenvalue weighted by molar-refractivity contribution is 7.89. The zero-order valence-corrected chi connectivity index (χ0v) is 18.6. The minimum absolute atomic E-state index is 0.107. The molecule has 2 aromatic rings. The monoisotopic (exact) mass is 470 g/mol. The average molecular weight is 471 g/mol. The molecule has 0 bridgehead atoms. The van der Waals surface area contributed by atoms with Crippen molar-refractivity contribution in [3.63, 3.8) is 0 Å². The summed E-state index contributed by atoms with van der Waals surface area (Å²) in [5.74, 6) is -0.344. The van der Waals surface area contributed by atoms with Crippen molar-refractivity contribution >= 4 is 15.9 Å². The number of nitrogens with zero attached hydrogens (tertiary/aromatic N) is 2. The smallest absolute Gasteiger partial charge is 0.405 e. The second-order valence-electron chi connectivity index (χ2n) is 7.93. The molecule has 1 amide bonds. The highest BCUT2D eigenvalue weighted by Crippen LogP contribution is 2.28. The number of ether oxygens (including phenoxy) is 1. The Kier molecular flexibility index (Phi) is 7.14. The molecule has 0 saturated carbocycles. The molecule has 1 aliphatic heterocycles. The van der Waals surface area contributed by atoms with Crippen LogP contribution in [0.1, 0.15) is 35.7 Å². The summed E-state index contributed by atoms with van der Waals surface area (Å²) in [6, 6.07) is 11.2. The molecule has 174 valence electrons. The number of piperidine rings is 1. The molecule has 6 nitrogen and oxygen atoms in total. The normalized spacial score (nSPS) is 16.0. The Morgan fingerprint density at radius 3 is 2.28 bits per heavy atom. The second-order valence-corrected chi connectivity index (χ2v) is 9.87. The van der Waals surface area contributed by atoms with Crippen LogP contribution in [-0.2, 0) is 16.6 Å². The van der Waals surface area contributed by atoms with Gasteiger partial charge in [-0.2, -0.15) is 4.31 Å². The number of carbonyl (C=O) groups is 1. The van der Waals surface area contributed by atoms with Gasteiger partial charge in [-0.25, -0.2) is 8.42 Å². The fraction of sp³-hybridized carbons (Fsp3) is 0.409. The van der Waals surface area contributed by atoms with Gasteiger partial charge in [0.25, 0.3) is 5.91 Å². The van der Waals surface area contributed by atoms with Crippen molar-refractivity contribution in [1.82, 2.24) is 9.21 Å². The van der Waals surface area contributed by atoms with Crippen LogP contribution in [0.2, 0.25) is 0 Å². The third-order valence-corrected chi connectivity index (χ3v) is 7.35. The van der Waals surface area contributed by atoms with Crippen molar-refractivity contribution in [3.05, 3.63) is 59.7 Å². The number of hydrogen-bond donors (Lipinski definition) is 0. The number of benzene rings is 2. The number of rotatable bonds is 6. The maximum atomic E-state index is 12.8. The lowest BCUT2D eigenvalue weighted by molar-refractivity contribution is -0.275. The first-order chi connectivity index (χ1) is 15.0. The Morgan fingerprint density at radius 2 is 1.69 bits per heavy atom. The minimum atomic E-state index is -4.84. The van der Waals surface area contributed by atoms with Crippen molar-refractivity contribution in [2.45, 2.75) is 37.6 Å². The zero-order chi connectivity index (χ0) is 23.5. The summed E-state index contributed by atoms with van der Waals surface area (Å²) in [5, 5.41) is 0. The van der Waals surface area contributed by atoms with E-state index in [-0.39, 0.29) is 28.3 Å². The van der Waals surface area contributed by atoms with E-state index in [1.807, 2.05) is 0 Å². The largest absolute Gasteiger partial charge is 0.573 e. The van der Waals surface area contributed by atoms with E-state index in [4.69, 9.17) is 0 Å². The van der Waals surface area contributed by atoms with Crippen LogP contribution in [0.25, 0.3) is 0 Å². The molecule has 0 unspecified atom stereocenters. The van der Waals surface area contributed by atoms with E-state index in [1.54, 1.807) is 6.07 Å². The first kappa shape index (κ1) is 24.1. The van der Waals surface area contributed by atoms with E-state index >= 15 is 0 Å². The van der Waals surface area contributed by atoms with Gasteiger partial charge in [0, 0.05) is 37.8 Å². The topological polar surface area (TPSA) is 66.9 Å². The number of alkyl halides is 3. The molecular weight excluding hydrogens is 445 g/mol.